The minimum atomic E-state index is -4.61. The van der Waals surface area contributed by atoms with Crippen molar-refractivity contribution in [1.29, 1.82) is 0 Å². The summed E-state index contributed by atoms with van der Waals surface area (Å²) in [5.41, 5.74) is 0. The molecule has 0 radical (unpaired) electrons. The minimum absolute atomic E-state index is 0. The van der Waals surface area contributed by atoms with Crippen LogP contribution in [0, 0.1) is 0 Å². The molecule has 0 atom stereocenters. The van der Waals surface area contributed by atoms with E-state index in [0.29, 0.717) is 0 Å². The monoisotopic (exact) mass is 228 g/mol. The molecule has 0 heterocycles. The van der Waals surface area contributed by atoms with Gasteiger partial charge in [0.1, 0.15) is 0 Å². The molecule has 9 heavy (non-hydrogen) atoms. The average molecular weight is 228 g/mol. The number of hydrogen-bond acceptors (Lipinski definition) is 4. The fourth-order valence-electron chi connectivity index (χ4n) is 0. The standard InChI is InChI=1S/Al.2Ca.H4O4Si.H2O.7H/c;;;1-5(2,3)4;;;;;;;;/h;;;1-4H;1H2;;;;;;;. The van der Waals surface area contributed by atoms with Crippen molar-refractivity contribution in [2.75, 3.05) is 0 Å². The molecule has 0 aliphatic rings. The van der Waals surface area contributed by atoms with Gasteiger partial charge in [-0.05, 0) is 0 Å². The Morgan fingerprint density at radius 3 is 0.778 bits per heavy atom. The topological polar surface area (TPSA) is 112 Å². The number of hydrogen-bond donors (Lipinski definition) is 4. The van der Waals surface area contributed by atoms with Crippen LogP contribution in [0.4, 0.5) is 0 Å². The second-order valence-corrected chi connectivity index (χ2v) is 1.80. The van der Waals surface area contributed by atoms with Crippen molar-refractivity contribution in [1.82, 2.24) is 0 Å². The molecule has 0 bridgehead atoms. The van der Waals surface area contributed by atoms with E-state index in [-0.39, 0.29) is 98.3 Å². The molecule has 0 aliphatic carbocycles. The van der Waals surface area contributed by atoms with Gasteiger partial charge in [0.15, 0.2) is 17.4 Å². The summed E-state index contributed by atoms with van der Waals surface area (Å²) in [6.07, 6.45) is 0. The Hall–Kier alpha value is 3.07. The Bertz CT molecular complexity index is 30.4. The Labute approximate surface area is 124 Å². The third kappa shape index (κ3) is 96.7. The summed E-state index contributed by atoms with van der Waals surface area (Å²) in [5, 5.41) is 0. The van der Waals surface area contributed by atoms with Crippen LogP contribution >= 0.6 is 0 Å². The van der Waals surface area contributed by atoms with E-state index in [1.165, 1.54) is 0 Å². The van der Waals surface area contributed by atoms with Gasteiger partial charge in [-0.3, -0.25) is 0 Å². The van der Waals surface area contributed by atoms with E-state index in [0.717, 1.165) is 0 Å². The van der Waals surface area contributed by atoms with Gasteiger partial charge in [0.2, 0.25) is 0 Å². The summed E-state index contributed by atoms with van der Waals surface area (Å²) < 4.78 is 0. The van der Waals surface area contributed by atoms with Gasteiger partial charge in [-0.1, -0.05) is 0 Å². The van der Waals surface area contributed by atoms with E-state index >= 15 is 0 Å². The second kappa shape index (κ2) is 13.6. The van der Waals surface area contributed by atoms with Gasteiger partial charge in [-0.25, -0.2) is 0 Å². The Morgan fingerprint density at radius 2 is 0.778 bits per heavy atom. The first-order valence-corrected chi connectivity index (χ1v) is 2.68. The van der Waals surface area contributed by atoms with Crippen LogP contribution in [0.5, 0.6) is 0 Å². The molecule has 5 nitrogen and oxygen atoms in total. The molecule has 54 valence electrons. The molecule has 0 saturated carbocycles. The van der Waals surface area contributed by atoms with Crippen LogP contribution in [0.2, 0.25) is 0 Å². The maximum absolute atomic E-state index is 7.33. The van der Waals surface area contributed by atoms with Crippen molar-refractivity contribution in [2.24, 2.45) is 0 Å². The predicted octanol–water partition coefficient (Wildman–Crippen LogP) is -6.45. The van der Waals surface area contributed by atoms with E-state index in [1.54, 1.807) is 0 Å². The van der Waals surface area contributed by atoms with Gasteiger partial charge in [0, 0.05) is 0 Å². The molecule has 0 unspecified atom stereocenters. The van der Waals surface area contributed by atoms with Crippen LogP contribution in [-0.4, -0.2) is 127 Å². The molecule has 0 spiro atoms. The molecule has 6 N–H and O–H groups in total. The van der Waals surface area contributed by atoms with E-state index in [4.69, 9.17) is 19.2 Å². The maximum atomic E-state index is 7.33. The zero-order valence-electron chi connectivity index (χ0n) is 2.79. The molecule has 0 fully saturated rings. The van der Waals surface area contributed by atoms with Crippen molar-refractivity contribution in [2.45, 2.75) is 0 Å². The molecular weight excluding hydrogens is 215 g/mol. The Balaban J connectivity index is -0.0000000133. The van der Waals surface area contributed by atoms with E-state index in [2.05, 4.69) is 0 Å². The summed E-state index contributed by atoms with van der Waals surface area (Å²) in [6.45, 7) is 0. The summed E-state index contributed by atoms with van der Waals surface area (Å²) in [4.78, 5) is 29.3. The van der Waals surface area contributed by atoms with Crippen LogP contribution in [0.15, 0.2) is 0 Å². The molecule has 9 heteroatoms. The molecular formula is H13AlCa2O5Si. The van der Waals surface area contributed by atoms with Crippen LogP contribution in [0.1, 0.15) is 0 Å². The van der Waals surface area contributed by atoms with E-state index < -0.39 is 9.05 Å². The van der Waals surface area contributed by atoms with Gasteiger partial charge in [0.05, 0.1) is 0 Å². The summed E-state index contributed by atoms with van der Waals surface area (Å²) in [6, 6.07) is 0. The molecule has 0 aromatic carbocycles. The van der Waals surface area contributed by atoms with Gasteiger partial charge in [-0.2, -0.15) is 0 Å². The van der Waals surface area contributed by atoms with E-state index in [9.17, 15) is 0 Å². The Morgan fingerprint density at radius 1 is 0.778 bits per heavy atom. The normalized spacial score (nSPS) is 6.67. The van der Waals surface area contributed by atoms with Crippen LogP contribution in [0.25, 0.3) is 0 Å². The SMILES string of the molecule is O.O[Si](O)(O)O.[AlH3].[CaH2].[CaH2]. The molecule has 0 aromatic heterocycles. The van der Waals surface area contributed by atoms with Crippen LogP contribution in [0.3, 0.4) is 0 Å². The van der Waals surface area contributed by atoms with Gasteiger partial charge in [0.25, 0.3) is 0 Å². The fraction of sp³-hybridized carbons (Fsp3) is 0. The molecule has 0 aromatic rings. The van der Waals surface area contributed by atoms with Gasteiger partial charge in [-0.15, -0.1) is 0 Å². The summed E-state index contributed by atoms with van der Waals surface area (Å²) in [7, 11) is -4.61. The fourth-order valence-corrected chi connectivity index (χ4v) is 0. The summed E-state index contributed by atoms with van der Waals surface area (Å²) in [5.74, 6) is 0. The first kappa shape index (κ1) is 29.6. The van der Waals surface area contributed by atoms with Crippen molar-refractivity contribution < 1.29 is 24.7 Å². The van der Waals surface area contributed by atoms with Crippen molar-refractivity contribution in [3.8, 4) is 0 Å². The third-order valence-electron chi connectivity index (χ3n) is 0. The van der Waals surface area contributed by atoms with Gasteiger partial charge >= 0.3 is 84.5 Å². The van der Waals surface area contributed by atoms with Gasteiger partial charge < -0.3 is 24.7 Å². The second-order valence-electron chi connectivity index (χ2n) is 0.600. The van der Waals surface area contributed by atoms with Crippen molar-refractivity contribution >= 4 is 102 Å². The average Bonchev–Trinajstić information content (AvgIpc) is 0.722. The quantitative estimate of drug-likeness (QED) is 0.309. The molecule has 0 saturated heterocycles. The third-order valence-corrected chi connectivity index (χ3v) is 0. The molecule has 0 rings (SSSR count). The first-order chi connectivity index (χ1) is 2.00. The van der Waals surface area contributed by atoms with Crippen LogP contribution in [-0.2, 0) is 0 Å². The first-order valence-electron chi connectivity index (χ1n) is 0.894. The predicted molar refractivity (Wildman–Crippen MR) is 45.3 cm³/mol. The zero-order valence-corrected chi connectivity index (χ0v) is 3.79. The summed E-state index contributed by atoms with van der Waals surface area (Å²) >= 11 is 0. The van der Waals surface area contributed by atoms with E-state index in [1.807, 2.05) is 0 Å². The van der Waals surface area contributed by atoms with Crippen LogP contribution < -0.4 is 0 Å². The molecule has 0 amide bonds. The van der Waals surface area contributed by atoms with Crippen molar-refractivity contribution in [3.63, 3.8) is 0 Å². The number of rotatable bonds is 0. The van der Waals surface area contributed by atoms with Crippen molar-refractivity contribution in [3.05, 3.63) is 0 Å². The Kier molecular flexibility index (Phi) is 44.9. The molecule has 0 aliphatic heterocycles. The zero-order chi connectivity index (χ0) is 4.50.